The lowest BCUT2D eigenvalue weighted by Gasteiger charge is -2.20. The number of aromatic hydroxyl groups is 1. The number of phenols is 1. The van der Waals surface area contributed by atoms with Crippen LogP contribution in [0.5, 0.6) is 5.75 Å². The number of rotatable bonds is 2. The van der Waals surface area contributed by atoms with Crippen molar-refractivity contribution >= 4 is 29.1 Å². The highest BCUT2D eigenvalue weighted by atomic mass is 32.2. The molecule has 0 unspecified atom stereocenters. The van der Waals surface area contributed by atoms with E-state index in [0.29, 0.717) is 10.9 Å². The van der Waals surface area contributed by atoms with Crippen LogP contribution in [0.3, 0.4) is 0 Å². The number of hydrogen-bond donors (Lipinski definition) is 2. The second-order valence-corrected chi connectivity index (χ2v) is 6.48. The van der Waals surface area contributed by atoms with Crippen molar-refractivity contribution in [2.45, 2.75) is 26.2 Å². The maximum atomic E-state index is 11.0. The van der Waals surface area contributed by atoms with Gasteiger partial charge in [-0.15, -0.1) is 5.10 Å². The molecule has 1 fully saturated rings. The highest BCUT2D eigenvalue weighted by Gasteiger charge is 2.18. The molecule has 1 heterocycles. The topological polar surface area (TPSA) is 74.0 Å². The number of phenolic OH excluding ortho intramolecular Hbond substituents is 1. The Hall–Kier alpha value is -1.82. The average molecular weight is 291 g/mol. The monoisotopic (exact) mass is 291 g/mol. The molecule has 0 aromatic heterocycles. The molecule has 6 heteroatoms. The van der Waals surface area contributed by atoms with E-state index in [1.807, 2.05) is 32.9 Å². The van der Waals surface area contributed by atoms with E-state index in [9.17, 15) is 9.90 Å². The van der Waals surface area contributed by atoms with Gasteiger partial charge in [0.25, 0.3) is 0 Å². The third-order valence-corrected chi connectivity index (χ3v) is 3.64. The molecule has 2 rings (SSSR count). The third-order valence-electron chi connectivity index (χ3n) is 2.77. The Morgan fingerprint density at radius 2 is 2.15 bits per heavy atom. The lowest BCUT2D eigenvalue weighted by atomic mass is 9.86. The standard InChI is InChI=1S/C14H17N3O2S/c1-14(2,3)10-5-4-9(6-11(10)18)7-15-17-13-16-12(19)8-20-13/h4-7,18H,8H2,1-3H3,(H,16,17,19). The van der Waals surface area contributed by atoms with Gasteiger partial charge in [-0.1, -0.05) is 44.7 Å². The quantitative estimate of drug-likeness (QED) is 0.648. The van der Waals surface area contributed by atoms with Crippen LogP contribution in [0, 0.1) is 0 Å². The summed E-state index contributed by atoms with van der Waals surface area (Å²) in [5.41, 5.74) is 1.54. The fourth-order valence-corrected chi connectivity index (χ4v) is 2.42. The predicted octanol–water partition coefficient (Wildman–Crippen LogP) is 2.24. The van der Waals surface area contributed by atoms with Crippen molar-refractivity contribution in [1.29, 1.82) is 0 Å². The van der Waals surface area contributed by atoms with E-state index in [1.54, 1.807) is 12.3 Å². The number of amides is 1. The molecule has 106 valence electrons. The minimum atomic E-state index is -0.106. The summed E-state index contributed by atoms with van der Waals surface area (Å²) in [7, 11) is 0. The maximum Gasteiger partial charge on any atom is 0.236 e. The lowest BCUT2D eigenvalue weighted by molar-refractivity contribution is -0.116. The van der Waals surface area contributed by atoms with Crippen LogP contribution < -0.4 is 5.32 Å². The van der Waals surface area contributed by atoms with E-state index in [0.717, 1.165) is 11.1 Å². The molecular formula is C14H17N3O2S. The van der Waals surface area contributed by atoms with Gasteiger partial charge < -0.3 is 10.4 Å². The van der Waals surface area contributed by atoms with Crippen LogP contribution in [-0.2, 0) is 10.2 Å². The van der Waals surface area contributed by atoms with Gasteiger partial charge in [0.15, 0.2) is 5.17 Å². The zero-order valence-electron chi connectivity index (χ0n) is 11.7. The first-order chi connectivity index (χ1) is 9.36. The van der Waals surface area contributed by atoms with Crippen molar-refractivity contribution in [3.8, 4) is 5.75 Å². The normalized spacial score (nSPS) is 17.9. The maximum absolute atomic E-state index is 11.0. The average Bonchev–Trinajstić information content (AvgIpc) is 2.73. The van der Waals surface area contributed by atoms with E-state index < -0.39 is 0 Å². The molecule has 2 N–H and O–H groups in total. The predicted molar refractivity (Wildman–Crippen MR) is 82.4 cm³/mol. The number of carbonyl (C=O) groups is 1. The van der Waals surface area contributed by atoms with Crippen LogP contribution in [0.1, 0.15) is 31.9 Å². The molecular weight excluding hydrogens is 274 g/mol. The van der Waals surface area contributed by atoms with Crippen LogP contribution in [0.15, 0.2) is 28.4 Å². The largest absolute Gasteiger partial charge is 0.508 e. The molecule has 1 aliphatic heterocycles. The third kappa shape index (κ3) is 3.60. The van der Waals surface area contributed by atoms with Gasteiger partial charge in [0, 0.05) is 0 Å². The van der Waals surface area contributed by atoms with Crippen LogP contribution in [0.4, 0.5) is 0 Å². The van der Waals surface area contributed by atoms with E-state index in [4.69, 9.17) is 0 Å². The molecule has 0 radical (unpaired) electrons. The minimum absolute atomic E-state index is 0.0591. The number of amidine groups is 1. The summed E-state index contributed by atoms with van der Waals surface area (Å²) < 4.78 is 0. The Morgan fingerprint density at radius 3 is 2.70 bits per heavy atom. The fourth-order valence-electron chi connectivity index (χ4n) is 1.79. The summed E-state index contributed by atoms with van der Waals surface area (Å²) in [5, 5.41) is 20.9. The molecule has 0 aliphatic carbocycles. The Morgan fingerprint density at radius 1 is 1.40 bits per heavy atom. The first-order valence-electron chi connectivity index (χ1n) is 6.23. The summed E-state index contributed by atoms with van der Waals surface area (Å²) in [4.78, 5) is 11.0. The molecule has 20 heavy (non-hydrogen) atoms. The van der Waals surface area contributed by atoms with Crippen LogP contribution >= 0.6 is 11.8 Å². The Balaban J connectivity index is 2.11. The van der Waals surface area contributed by atoms with Gasteiger partial charge in [-0.2, -0.15) is 5.10 Å². The highest BCUT2D eigenvalue weighted by Crippen LogP contribution is 2.30. The number of nitrogens with zero attached hydrogens (tertiary/aromatic N) is 2. The van der Waals surface area contributed by atoms with Gasteiger partial charge >= 0.3 is 0 Å². The van der Waals surface area contributed by atoms with Gasteiger partial charge in [0.1, 0.15) is 5.75 Å². The van der Waals surface area contributed by atoms with Crippen LogP contribution in [0.2, 0.25) is 0 Å². The Bertz CT molecular complexity index is 589. The van der Waals surface area contributed by atoms with Crippen molar-refractivity contribution in [3.63, 3.8) is 0 Å². The van der Waals surface area contributed by atoms with Crippen molar-refractivity contribution < 1.29 is 9.90 Å². The van der Waals surface area contributed by atoms with Gasteiger partial charge in [-0.25, -0.2) is 0 Å². The van der Waals surface area contributed by atoms with Crippen LogP contribution in [0.25, 0.3) is 0 Å². The second-order valence-electron chi connectivity index (χ2n) is 5.51. The molecule has 1 aromatic carbocycles. The molecule has 1 amide bonds. The van der Waals surface area contributed by atoms with Gasteiger partial charge in [-0.3, -0.25) is 4.79 Å². The summed E-state index contributed by atoms with van der Waals surface area (Å²) in [6.45, 7) is 6.13. The number of hydrogen-bond acceptors (Lipinski definition) is 5. The Labute approximate surface area is 122 Å². The van der Waals surface area contributed by atoms with Gasteiger partial charge in [0.05, 0.1) is 12.0 Å². The summed E-state index contributed by atoms with van der Waals surface area (Å²) in [6.07, 6.45) is 1.55. The summed E-state index contributed by atoms with van der Waals surface area (Å²) in [6, 6.07) is 5.42. The number of nitrogens with one attached hydrogen (secondary N) is 1. The molecule has 5 nitrogen and oxygen atoms in total. The van der Waals surface area contributed by atoms with Crippen LogP contribution in [-0.4, -0.2) is 28.1 Å². The molecule has 0 atom stereocenters. The summed E-state index contributed by atoms with van der Waals surface area (Å²) in [5.74, 6) is 0.573. The Kier molecular flexibility index (Phi) is 4.13. The zero-order valence-corrected chi connectivity index (χ0v) is 12.5. The lowest BCUT2D eigenvalue weighted by Crippen LogP contribution is -2.19. The second kappa shape index (κ2) is 5.66. The number of thioether (sulfide) groups is 1. The van der Waals surface area contributed by atoms with Gasteiger partial charge in [0.2, 0.25) is 5.91 Å². The van der Waals surface area contributed by atoms with E-state index in [2.05, 4.69) is 15.5 Å². The molecule has 0 saturated carbocycles. The molecule has 0 spiro atoms. The summed E-state index contributed by atoms with van der Waals surface area (Å²) >= 11 is 1.32. The zero-order chi connectivity index (χ0) is 14.8. The van der Waals surface area contributed by atoms with Crippen molar-refractivity contribution in [3.05, 3.63) is 29.3 Å². The van der Waals surface area contributed by atoms with Crippen molar-refractivity contribution in [2.75, 3.05) is 5.75 Å². The van der Waals surface area contributed by atoms with Crippen molar-refractivity contribution in [1.82, 2.24) is 5.32 Å². The molecule has 1 aliphatic rings. The SMILES string of the molecule is CC(C)(C)c1ccc(C=NN=C2NC(=O)CS2)cc1O. The molecule has 1 aromatic rings. The number of carbonyl (C=O) groups excluding carboxylic acids is 1. The smallest absolute Gasteiger partial charge is 0.236 e. The van der Waals surface area contributed by atoms with E-state index in [1.165, 1.54) is 11.8 Å². The highest BCUT2D eigenvalue weighted by molar-refractivity contribution is 8.15. The molecule has 0 bridgehead atoms. The first kappa shape index (κ1) is 14.6. The fraction of sp³-hybridized carbons (Fsp3) is 0.357. The molecule has 1 saturated heterocycles. The van der Waals surface area contributed by atoms with Gasteiger partial charge in [-0.05, 0) is 22.6 Å². The first-order valence-corrected chi connectivity index (χ1v) is 7.22. The van der Waals surface area contributed by atoms with E-state index in [-0.39, 0.29) is 17.1 Å². The minimum Gasteiger partial charge on any atom is -0.508 e. The van der Waals surface area contributed by atoms with E-state index >= 15 is 0 Å². The number of benzene rings is 1. The van der Waals surface area contributed by atoms with Crippen molar-refractivity contribution in [2.24, 2.45) is 10.2 Å².